The van der Waals surface area contributed by atoms with Gasteiger partial charge in [0.15, 0.2) is 0 Å². The van der Waals surface area contributed by atoms with Crippen molar-refractivity contribution in [1.29, 1.82) is 0 Å². The SMILES string of the molecule is Cc1cc2c(cc1I)CCN2C(=O)OC(C)(C)C. The number of carbonyl (C=O) groups is 1. The minimum Gasteiger partial charge on any atom is -0.443 e. The molecule has 2 rings (SSSR count). The predicted molar refractivity (Wildman–Crippen MR) is 81.2 cm³/mol. The molecule has 0 saturated carbocycles. The molecule has 0 atom stereocenters. The summed E-state index contributed by atoms with van der Waals surface area (Å²) in [6.07, 6.45) is 0.659. The van der Waals surface area contributed by atoms with Gasteiger partial charge in [-0.3, -0.25) is 4.90 Å². The molecule has 0 bridgehead atoms. The molecule has 0 saturated heterocycles. The number of carbonyl (C=O) groups excluding carboxylic acids is 1. The van der Waals surface area contributed by atoms with Crippen LogP contribution in [-0.4, -0.2) is 18.2 Å². The lowest BCUT2D eigenvalue weighted by Gasteiger charge is -2.25. The monoisotopic (exact) mass is 359 g/mol. The van der Waals surface area contributed by atoms with Gasteiger partial charge in [0.05, 0.1) is 5.69 Å². The fraction of sp³-hybridized carbons (Fsp3) is 0.500. The first kappa shape index (κ1) is 13.6. The second kappa shape index (κ2) is 4.72. The van der Waals surface area contributed by atoms with Crippen LogP contribution in [0.2, 0.25) is 0 Å². The second-order valence-corrected chi connectivity index (χ2v) is 6.77. The van der Waals surface area contributed by atoms with Crippen molar-refractivity contribution in [3.05, 3.63) is 26.8 Å². The van der Waals surface area contributed by atoms with E-state index < -0.39 is 5.60 Å². The molecule has 1 amide bonds. The van der Waals surface area contributed by atoms with E-state index in [1.54, 1.807) is 4.90 Å². The summed E-state index contributed by atoms with van der Waals surface area (Å²) in [6, 6.07) is 4.24. The fourth-order valence-electron chi connectivity index (χ4n) is 2.02. The van der Waals surface area contributed by atoms with Crippen LogP contribution in [0.4, 0.5) is 10.5 Å². The number of anilines is 1. The highest BCUT2D eigenvalue weighted by molar-refractivity contribution is 14.1. The average Bonchev–Trinajstić information content (AvgIpc) is 2.59. The molecule has 1 heterocycles. The van der Waals surface area contributed by atoms with Crippen LogP contribution in [-0.2, 0) is 11.2 Å². The maximum atomic E-state index is 12.1. The molecule has 1 aromatic carbocycles. The summed E-state index contributed by atoms with van der Waals surface area (Å²) in [6.45, 7) is 8.45. The number of halogens is 1. The first-order valence-electron chi connectivity index (χ1n) is 6.07. The summed E-state index contributed by atoms with van der Waals surface area (Å²) in [5.41, 5.74) is 2.99. The van der Waals surface area contributed by atoms with E-state index in [-0.39, 0.29) is 6.09 Å². The predicted octanol–water partition coefficient (Wildman–Crippen LogP) is 3.90. The summed E-state index contributed by atoms with van der Waals surface area (Å²) in [7, 11) is 0. The number of hydrogen-bond donors (Lipinski definition) is 0. The first-order valence-corrected chi connectivity index (χ1v) is 7.15. The summed E-state index contributed by atoms with van der Waals surface area (Å²) in [5.74, 6) is 0. The zero-order chi connectivity index (χ0) is 13.5. The van der Waals surface area contributed by atoms with E-state index in [9.17, 15) is 4.79 Å². The number of rotatable bonds is 0. The zero-order valence-electron chi connectivity index (χ0n) is 11.2. The maximum absolute atomic E-state index is 12.1. The van der Waals surface area contributed by atoms with Crippen LogP contribution in [0, 0.1) is 10.5 Å². The Morgan fingerprint density at radius 1 is 1.39 bits per heavy atom. The molecule has 0 unspecified atom stereocenters. The van der Waals surface area contributed by atoms with Gasteiger partial charge < -0.3 is 4.74 Å². The van der Waals surface area contributed by atoms with Gasteiger partial charge in [-0.2, -0.15) is 0 Å². The molecule has 1 aliphatic rings. The fourth-order valence-corrected chi connectivity index (χ4v) is 2.55. The topological polar surface area (TPSA) is 29.5 Å². The van der Waals surface area contributed by atoms with Crippen molar-refractivity contribution >= 4 is 34.4 Å². The van der Waals surface area contributed by atoms with Crippen LogP contribution in [0.15, 0.2) is 12.1 Å². The summed E-state index contributed by atoms with van der Waals surface area (Å²) < 4.78 is 6.68. The average molecular weight is 359 g/mol. The van der Waals surface area contributed by atoms with Crippen LogP contribution in [0.3, 0.4) is 0 Å². The van der Waals surface area contributed by atoms with Crippen LogP contribution < -0.4 is 4.90 Å². The van der Waals surface area contributed by atoms with Crippen molar-refractivity contribution in [3.8, 4) is 0 Å². The van der Waals surface area contributed by atoms with E-state index in [1.807, 2.05) is 20.8 Å². The number of ether oxygens (including phenoxy) is 1. The van der Waals surface area contributed by atoms with Gasteiger partial charge >= 0.3 is 6.09 Å². The molecular weight excluding hydrogens is 341 g/mol. The Balaban J connectivity index is 2.26. The van der Waals surface area contributed by atoms with E-state index >= 15 is 0 Å². The van der Waals surface area contributed by atoms with Crippen molar-refractivity contribution in [3.63, 3.8) is 0 Å². The summed E-state index contributed by atoms with van der Waals surface area (Å²) in [4.78, 5) is 13.9. The van der Waals surface area contributed by atoms with E-state index in [4.69, 9.17) is 4.74 Å². The van der Waals surface area contributed by atoms with Crippen LogP contribution in [0.25, 0.3) is 0 Å². The Morgan fingerprint density at radius 3 is 2.67 bits per heavy atom. The zero-order valence-corrected chi connectivity index (χ0v) is 13.4. The number of benzene rings is 1. The molecule has 1 aromatic rings. The van der Waals surface area contributed by atoms with Crippen molar-refractivity contribution in [1.82, 2.24) is 0 Å². The maximum Gasteiger partial charge on any atom is 0.414 e. The highest BCUT2D eigenvalue weighted by Gasteiger charge is 2.29. The molecule has 0 N–H and O–H groups in total. The normalized spacial score (nSPS) is 14.6. The van der Waals surface area contributed by atoms with Gasteiger partial charge in [-0.1, -0.05) is 0 Å². The molecule has 0 aromatic heterocycles. The van der Waals surface area contributed by atoms with Gasteiger partial charge in [0.1, 0.15) is 5.60 Å². The van der Waals surface area contributed by atoms with Gasteiger partial charge in [-0.25, -0.2) is 4.79 Å². The van der Waals surface area contributed by atoms with E-state index in [2.05, 4.69) is 41.6 Å². The molecule has 98 valence electrons. The van der Waals surface area contributed by atoms with Crippen molar-refractivity contribution in [2.45, 2.75) is 39.7 Å². The van der Waals surface area contributed by atoms with E-state index in [1.165, 1.54) is 14.7 Å². The molecule has 4 heteroatoms. The first-order chi connectivity index (χ1) is 8.28. The van der Waals surface area contributed by atoms with Gasteiger partial charge in [-0.15, -0.1) is 0 Å². The Labute approximate surface area is 122 Å². The quantitative estimate of drug-likeness (QED) is 0.658. The Bertz CT molecular complexity index is 491. The van der Waals surface area contributed by atoms with Crippen molar-refractivity contribution < 1.29 is 9.53 Å². The number of aryl methyl sites for hydroxylation is 1. The third kappa shape index (κ3) is 2.79. The lowest BCUT2D eigenvalue weighted by atomic mass is 10.1. The van der Waals surface area contributed by atoms with Crippen molar-refractivity contribution in [2.75, 3.05) is 11.4 Å². The number of hydrogen-bond acceptors (Lipinski definition) is 2. The van der Waals surface area contributed by atoms with Crippen LogP contribution in [0.5, 0.6) is 0 Å². The minimum atomic E-state index is -0.446. The summed E-state index contributed by atoms with van der Waals surface area (Å²) in [5, 5.41) is 0. The molecule has 1 aliphatic heterocycles. The lowest BCUT2D eigenvalue weighted by molar-refractivity contribution is 0.0584. The van der Waals surface area contributed by atoms with Gasteiger partial charge in [0, 0.05) is 10.1 Å². The number of fused-ring (bicyclic) bond motifs is 1. The third-order valence-electron chi connectivity index (χ3n) is 2.87. The van der Waals surface area contributed by atoms with E-state index in [0.717, 1.165) is 12.1 Å². The highest BCUT2D eigenvalue weighted by Crippen LogP contribution is 2.32. The second-order valence-electron chi connectivity index (χ2n) is 5.61. The van der Waals surface area contributed by atoms with Crippen LogP contribution in [0.1, 0.15) is 31.9 Å². The number of nitrogens with zero attached hydrogens (tertiary/aromatic N) is 1. The molecule has 3 nitrogen and oxygen atoms in total. The van der Waals surface area contributed by atoms with Crippen LogP contribution >= 0.6 is 22.6 Å². The van der Waals surface area contributed by atoms with Gasteiger partial charge in [0.2, 0.25) is 0 Å². The largest absolute Gasteiger partial charge is 0.443 e. The Morgan fingerprint density at radius 2 is 2.06 bits per heavy atom. The Hall–Kier alpha value is -0.780. The molecule has 0 spiro atoms. The van der Waals surface area contributed by atoms with E-state index in [0.29, 0.717) is 6.54 Å². The summed E-state index contributed by atoms with van der Waals surface area (Å²) >= 11 is 2.33. The van der Waals surface area contributed by atoms with Crippen molar-refractivity contribution in [2.24, 2.45) is 0 Å². The molecule has 0 aliphatic carbocycles. The van der Waals surface area contributed by atoms with Gasteiger partial charge in [-0.05, 0) is 80.0 Å². The highest BCUT2D eigenvalue weighted by atomic mass is 127. The third-order valence-corrected chi connectivity index (χ3v) is 4.03. The smallest absolute Gasteiger partial charge is 0.414 e. The van der Waals surface area contributed by atoms with Gasteiger partial charge in [0.25, 0.3) is 0 Å². The molecule has 18 heavy (non-hydrogen) atoms. The number of amides is 1. The molecule has 0 radical (unpaired) electrons. The standard InChI is InChI=1S/C14H18INO2/c1-9-7-12-10(8-11(9)15)5-6-16(12)13(17)18-14(2,3)4/h7-8H,5-6H2,1-4H3. The molecule has 0 fully saturated rings. The lowest BCUT2D eigenvalue weighted by Crippen LogP contribution is -2.35. The minimum absolute atomic E-state index is 0.248. The molecular formula is C14H18INO2. The Kier molecular flexibility index (Phi) is 3.58.